The maximum atomic E-state index is 14.8. The molecule has 0 unspecified atom stereocenters. The van der Waals surface area contributed by atoms with Crippen LogP contribution in [0.25, 0.3) is 10.1 Å². The average Bonchev–Trinajstić information content (AvgIpc) is 3.50. The molecule has 3 aliphatic rings. The van der Waals surface area contributed by atoms with Crippen LogP contribution in [0.15, 0.2) is 91.0 Å². The van der Waals surface area contributed by atoms with Gasteiger partial charge in [-0.3, -0.25) is 0 Å². The van der Waals surface area contributed by atoms with Gasteiger partial charge in [0.05, 0.1) is 5.69 Å². The first-order valence-electron chi connectivity index (χ1n) is 21.0. The third kappa shape index (κ3) is 6.00. The van der Waals surface area contributed by atoms with Crippen LogP contribution in [0.4, 0.5) is 38.5 Å². The highest BCUT2D eigenvalue weighted by Crippen LogP contribution is 2.53. The molecule has 5 aromatic carbocycles. The first kappa shape index (κ1) is 38.2. The molecule has 0 spiro atoms. The molecule has 0 amide bonds. The van der Waals surface area contributed by atoms with E-state index in [1.807, 2.05) is 23.5 Å². The van der Waals surface area contributed by atoms with Gasteiger partial charge in [-0.15, -0.1) is 11.3 Å². The Kier molecular flexibility index (Phi) is 8.26. The minimum Gasteiger partial charge on any atom is -0.311 e. The monoisotopic (exact) mass is 772 g/mol. The van der Waals surface area contributed by atoms with Gasteiger partial charge in [0.2, 0.25) is 0 Å². The van der Waals surface area contributed by atoms with Gasteiger partial charge in [-0.1, -0.05) is 114 Å². The minimum atomic E-state index is -0.221. The molecule has 2 aliphatic heterocycles. The topological polar surface area (TPSA) is 6.48 Å². The van der Waals surface area contributed by atoms with Crippen LogP contribution in [0.3, 0.4) is 0 Å². The second-order valence-electron chi connectivity index (χ2n) is 21.6. The second-order valence-corrected chi connectivity index (χ2v) is 22.6. The lowest BCUT2D eigenvalue weighted by Crippen LogP contribution is -2.60. The summed E-state index contributed by atoms with van der Waals surface area (Å²) in [4.78, 5) is 5.02. The molecule has 3 heterocycles. The summed E-state index contributed by atoms with van der Waals surface area (Å²) < 4.78 is 17.5. The van der Waals surface area contributed by atoms with Gasteiger partial charge in [-0.25, -0.2) is 4.39 Å². The first-order chi connectivity index (χ1) is 26.5. The Morgan fingerprint density at radius 1 is 0.561 bits per heavy atom. The van der Waals surface area contributed by atoms with E-state index in [1.54, 1.807) is 12.1 Å². The maximum Gasteiger partial charge on any atom is 0.264 e. The number of anilines is 6. The normalized spacial score (nSPS) is 17.0. The number of hydrogen-bond donors (Lipinski definition) is 0. The fourth-order valence-electron chi connectivity index (χ4n) is 9.69. The Hall–Kier alpha value is -4.35. The molecular formula is C52H58BFN2S. The lowest BCUT2D eigenvalue weighted by molar-refractivity contribution is 0.332. The lowest BCUT2D eigenvalue weighted by Gasteiger charge is -2.44. The summed E-state index contributed by atoms with van der Waals surface area (Å²) in [6.07, 6.45) is 2.33. The maximum absolute atomic E-state index is 14.8. The van der Waals surface area contributed by atoms with E-state index >= 15 is 0 Å². The molecule has 292 valence electrons. The van der Waals surface area contributed by atoms with Crippen molar-refractivity contribution in [3.05, 3.63) is 125 Å². The smallest absolute Gasteiger partial charge is 0.264 e. The molecule has 1 aromatic heterocycles. The van der Waals surface area contributed by atoms with E-state index in [9.17, 15) is 4.39 Å². The largest absolute Gasteiger partial charge is 0.311 e. The number of hydrogen-bond acceptors (Lipinski definition) is 3. The van der Waals surface area contributed by atoms with Crippen LogP contribution < -0.4 is 25.5 Å². The van der Waals surface area contributed by atoms with E-state index in [1.165, 1.54) is 82.8 Å². The van der Waals surface area contributed by atoms with Crippen LogP contribution in [-0.2, 0) is 27.1 Å². The van der Waals surface area contributed by atoms with E-state index in [4.69, 9.17) is 0 Å². The van der Waals surface area contributed by atoms with Crippen LogP contribution in [0.1, 0.15) is 131 Å². The first-order valence-corrected chi connectivity index (χ1v) is 21.8. The molecule has 0 saturated heterocycles. The number of fused-ring (bicyclic) bond motifs is 7. The summed E-state index contributed by atoms with van der Waals surface area (Å²) in [6, 6.07) is 33.7. The van der Waals surface area contributed by atoms with Crippen molar-refractivity contribution in [1.29, 1.82) is 0 Å². The summed E-state index contributed by atoms with van der Waals surface area (Å²) in [6.45, 7) is 30.5. The van der Waals surface area contributed by atoms with Gasteiger partial charge >= 0.3 is 0 Å². The Morgan fingerprint density at radius 3 is 1.65 bits per heavy atom. The minimum absolute atomic E-state index is 0.0218. The van der Waals surface area contributed by atoms with E-state index in [0.29, 0.717) is 0 Å². The number of thiophene rings is 1. The molecule has 0 atom stereocenters. The molecule has 0 radical (unpaired) electrons. The third-order valence-corrected chi connectivity index (χ3v) is 14.6. The molecule has 6 aromatic rings. The number of benzene rings is 5. The second kappa shape index (κ2) is 12.3. The zero-order valence-electron chi connectivity index (χ0n) is 36.3. The van der Waals surface area contributed by atoms with Crippen molar-refractivity contribution in [1.82, 2.24) is 0 Å². The number of rotatable bonds is 2. The third-order valence-electron chi connectivity index (χ3n) is 13.4. The van der Waals surface area contributed by atoms with Crippen LogP contribution >= 0.6 is 11.3 Å². The van der Waals surface area contributed by atoms with Gasteiger partial charge in [0.25, 0.3) is 6.71 Å². The molecule has 2 nitrogen and oxygen atoms in total. The lowest BCUT2D eigenvalue weighted by atomic mass is 9.36. The molecule has 0 bridgehead atoms. The highest BCUT2D eigenvalue weighted by Gasteiger charge is 2.47. The zero-order chi connectivity index (χ0) is 40.8. The Balaban J connectivity index is 1.43. The van der Waals surface area contributed by atoms with E-state index in [-0.39, 0.29) is 39.6 Å². The van der Waals surface area contributed by atoms with Crippen LogP contribution in [-0.4, -0.2) is 6.71 Å². The molecule has 57 heavy (non-hydrogen) atoms. The van der Waals surface area contributed by atoms with Crippen molar-refractivity contribution >= 4 is 78.0 Å². The van der Waals surface area contributed by atoms with Gasteiger partial charge in [0.15, 0.2) is 0 Å². The van der Waals surface area contributed by atoms with E-state index in [2.05, 4.69) is 167 Å². The fourth-order valence-corrected chi connectivity index (χ4v) is 11.0. The van der Waals surface area contributed by atoms with E-state index < -0.39 is 0 Å². The van der Waals surface area contributed by atoms with Gasteiger partial charge in [0.1, 0.15) is 5.82 Å². The quantitative estimate of drug-likeness (QED) is 0.162. The van der Waals surface area contributed by atoms with Crippen LogP contribution in [0, 0.1) is 5.82 Å². The highest BCUT2D eigenvalue weighted by atomic mass is 32.1. The summed E-state index contributed by atoms with van der Waals surface area (Å²) in [5.41, 5.74) is 16.6. The fraction of sp³-hybridized carbons (Fsp3) is 0.385. The van der Waals surface area contributed by atoms with Crippen molar-refractivity contribution in [2.75, 3.05) is 9.80 Å². The molecular weight excluding hydrogens is 714 g/mol. The molecule has 5 heteroatoms. The van der Waals surface area contributed by atoms with Crippen molar-refractivity contribution < 1.29 is 4.39 Å². The van der Waals surface area contributed by atoms with Crippen LogP contribution in [0.5, 0.6) is 0 Å². The van der Waals surface area contributed by atoms with Gasteiger partial charge in [-0.2, -0.15) is 0 Å². The summed E-state index contributed by atoms with van der Waals surface area (Å²) >= 11 is 1.97. The molecule has 0 fully saturated rings. The molecule has 0 N–H and O–H groups in total. The summed E-state index contributed by atoms with van der Waals surface area (Å²) in [5, 5.41) is 1.30. The standard InChI is InChI=1S/C52H58BFN2S/c1-48(2,3)31-14-19-35(20-15-31)55-41-23-16-32(49(4,5)6)26-40(41)53-45-42(55)27-33(50(7,8)9)28-43(45)56(36-21-17-34(54)18-22-36)46-37-29-38-39(30-44(37)57-47(46)53)52(12,13)25-24-51(38,10)11/h14-23,26-30H,24-25H2,1-13H3. The molecule has 1 aliphatic carbocycles. The van der Waals surface area contributed by atoms with E-state index in [0.717, 1.165) is 17.8 Å². The van der Waals surface area contributed by atoms with Gasteiger partial charge in [-0.05, 0) is 145 Å². The molecule has 9 rings (SSSR count). The average molecular weight is 773 g/mol. The van der Waals surface area contributed by atoms with Crippen molar-refractivity contribution in [3.8, 4) is 0 Å². The zero-order valence-corrected chi connectivity index (χ0v) is 37.1. The van der Waals surface area contributed by atoms with Crippen molar-refractivity contribution in [3.63, 3.8) is 0 Å². The summed E-state index contributed by atoms with van der Waals surface area (Å²) in [7, 11) is 0. The van der Waals surface area contributed by atoms with Gasteiger partial charge < -0.3 is 9.80 Å². The van der Waals surface area contributed by atoms with Crippen molar-refractivity contribution in [2.45, 2.75) is 130 Å². The highest BCUT2D eigenvalue weighted by molar-refractivity contribution is 7.33. The van der Waals surface area contributed by atoms with Crippen molar-refractivity contribution in [2.24, 2.45) is 0 Å². The van der Waals surface area contributed by atoms with Gasteiger partial charge in [0, 0.05) is 43.3 Å². The predicted octanol–water partition coefficient (Wildman–Crippen LogP) is 13.4. The predicted molar refractivity (Wildman–Crippen MR) is 247 cm³/mol. The molecule has 0 saturated carbocycles. The Labute approximate surface area is 345 Å². The Bertz CT molecular complexity index is 2590. The summed E-state index contributed by atoms with van der Waals surface area (Å²) in [5.74, 6) is -0.221. The SMILES string of the molecule is CC(C)(C)c1ccc(N2c3ccc(C(C)(C)C)cc3B3c4sc5cc6c(cc5c4N(c4ccc(F)cc4)c4cc(C(C)(C)C)cc2c43)C(C)(C)CCC6(C)C)cc1. The number of nitrogens with zero attached hydrogens (tertiary/aromatic N) is 2. The Morgan fingerprint density at radius 2 is 1.07 bits per heavy atom. The van der Waals surface area contributed by atoms with Crippen LogP contribution in [0.2, 0.25) is 0 Å². The number of halogens is 1.